The molecule has 6 nitrogen and oxygen atoms in total. The number of likely N-dealkylation sites (tertiary alicyclic amines) is 1. The Morgan fingerprint density at radius 3 is 2.51 bits per heavy atom. The highest BCUT2D eigenvalue weighted by Gasteiger charge is 2.39. The molecule has 1 aliphatic heterocycles. The summed E-state index contributed by atoms with van der Waals surface area (Å²) < 4.78 is 0. The van der Waals surface area contributed by atoms with Crippen molar-refractivity contribution in [1.29, 1.82) is 0 Å². The molecule has 0 radical (unpaired) electrons. The molecule has 1 unspecified atom stereocenters. The predicted molar refractivity (Wildman–Crippen MR) is 146 cm³/mol. The van der Waals surface area contributed by atoms with Crippen molar-refractivity contribution in [3.8, 4) is 0 Å². The zero-order valence-electron chi connectivity index (χ0n) is 22.4. The number of carbonyl (C=O) groups is 2. The number of hydrogen-bond donors (Lipinski definition) is 2. The SMILES string of the molecule is CN[C@@H](C)C(=O)N[C@H](C(=O)N1CCC[C@H]1c1cnc2c(c1)C(c1ccccc1)CCC2)C1CCCCC1. The summed E-state index contributed by atoms with van der Waals surface area (Å²) in [6.45, 7) is 2.59. The van der Waals surface area contributed by atoms with Crippen LogP contribution in [0.25, 0.3) is 0 Å². The van der Waals surface area contributed by atoms with Crippen LogP contribution in [0, 0.1) is 5.92 Å². The molecule has 198 valence electrons. The number of rotatable bonds is 7. The van der Waals surface area contributed by atoms with Crippen LogP contribution in [0.1, 0.15) is 99.1 Å². The van der Waals surface area contributed by atoms with Gasteiger partial charge in [0.05, 0.1) is 12.1 Å². The van der Waals surface area contributed by atoms with Gasteiger partial charge in [-0.1, -0.05) is 49.6 Å². The predicted octanol–water partition coefficient (Wildman–Crippen LogP) is 4.89. The van der Waals surface area contributed by atoms with Crippen molar-refractivity contribution < 1.29 is 9.59 Å². The maximum atomic E-state index is 14.1. The lowest BCUT2D eigenvalue weighted by Crippen LogP contribution is -2.55. The molecule has 5 rings (SSSR count). The summed E-state index contributed by atoms with van der Waals surface area (Å²) in [7, 11) is 1.78. The highest BCUT2D eigenvalue weighted by atomic mass is 16.2. The first-order chi connectivity index (χ1) is 18.1. The van der Waals surface area contributed by atoms with Crippen LogP contribution in [0.5, 0.6) is 0 Å². The fraction of sp³-hybridized carbons (Fsp3) is 0.581. The van der Waals surface area contributed by atoms with Gasteiger partial charge >= 0.3 is 0 Å². The smallest absolute Gasteiger partial charge is 0.245 e. The van der Waals surface area contributed by atoms with Crippen molar-refractivity contribution >= 4 is 11.8 Å². The lowest BCUT2D eigenvalue weighted by molar-refractivity contribution is -0.139. The zero-order chi connectivity index (χ0) is 25.8. The van der Waals surface area contributed by atoms with Crippen molar-refractivity contribution in [3.05, 3.63) is 65.0 Å². The molecule has 1 saturated heterocycles. The Morgan fingerprint density at radius 1 is 0.973 bits per heavy atom. The molecular weight excluding hydrogens is 460 g/mol. The van der Waals surface area contributed by atoms with E-state index >= 15 is 0 Å². The van der Waals surface area contributed by atoms with E-state index in [1.165, 1.54) is 23.2 Å². The summed E-state index contributed by atoms with van der Waals surface area (Å²) in [5.74, 6) is 0.562. The molecule has 1 aromatic heterocycles. The highest BCUT2D eigenvalue weighted by Crippen LogP contribution is 2.40. The molecule has 1 aromatic carbocycles. The van der Waals surface area contributed by atoms with Crippen LogP contribution in [0.2, 0.25) is 0 Å². The van der Waals surface area contributed by atoms with Gasteiger partial charge in [-0.25, -0.2) is 0 Å². The summed E-state index contributed by atoms with van der Waals surface area (Å²) in [5.41, 5.74) is 5.02. The first-order valence-corrected chi connectivity index (χ1v) is 14.4. The Bertz CT molecular complexity index is 1080. The minimum Gasteiger partial charge on any atom is -0.343 e. The van der Waals surface area contributed by atoms with Gasteiger partial charge in [-0.3, -0.25) is 14.6 Å². The largest absolute Gasteiger partial charge is 0.343 e. The van der Waals surface area contributed by atoms with Gasteiger partial charge in [0.25, 0.3) is 0 Å². The van der Waals surface area contributed by atoms with Crippen LogP contribution < -0.4 is 10.6 Å². The minimum absolute atomic E-state index is 0.0216. The van der Waals surface area contributed by atoms with Gasteiger partial charge < -0.3 is 15.5 Å². The van der Waals surface area contributed by atoms with Gasteiger partial charge in [0.1, 0.15) is 6.04 Å². The molecule has 2 heterocycles. The first-order valence-electron chi connectivity index (χ1n) is 14.4. The number of nitrogens with zero attached hydrogens (tertiary/aromatic N) is 2. The first kappa shape index (κ1) is 25.9. The lowest BCUT2D eigenvalue weighted by atomic mass is 9.80. The molecule has 2 aliphatic carbocycles. The summed E-state index contributed by atoms with van der Waals surface area (Å²) in [6, 6.07) is 12.3. The number of fused-ring (bicyclic) bond motifs is 1. The average Bonchev–Trinajstić information content (AvgIpc) is 3.45. The third kappa shape index (κ3) is 5.59. The summed E-state index contributed by atoms with van der Waals surface area (Å²) in [5, 5.41) is 6.17. The van der Waals surface area contributed by atoms with Crippen LogP contribution in [0.15, 0.2) is 42.6 Å². The van der Waals surface area contributed by atoms with Crippen molar-refractivity contribution in [2.45, 2.75) is 95.2 Å². The number of aryl methyl sites for hydroxylation is 1. The molecule has 0 bridgehead atoms. The third-order valence-corrected chi connectivity index (χ3v) is 8.94. The van der Waals surface area contributed by atoms with E-state index in [-0.39, 0.29) is 29.8 Å². The molecule has 2 aromatic rings. The number of pyridine rings is 1. The second-order valence-electron chi connectivity index (χ2n) is 11.2. The number of aromatic nitrogens is 1. The van der Waals surface area contributed by atoms with E-state index in [1.54, 1.807) is 7.05 Å². The van der Waals surface area contributed by atoms with E-state index in [9.17, 15) is 9.59 Å². The van der Waals surface area contributed by atoms with Gasteiger partial charge in [-0.15, -0.1) is 0 Å². The Kier molecular flexibility index (Phi) is 8.23. The lowest BCUT2D eigenvalue weighted by Gasteiger charge is -2.36. The van der Waals surface area contributed by atoms with Crippen LogP contribution in [0.3, 0.4) is 0 Å². The number of carbonyl (C=O) groups excluding carboxylic acids is 2. The molecule has 3 aliphatic rings. The van der Waals surface area contributed by atoms with Crippen molar-refractivity contribution in [2.24, 2.45) is 5.92 Å². The number of benzene rings is 1. The van der Waals surface area contributed by atoms with E-state index in [0.29, 0.717) is 5.92 Å². The third-order valence-electron chi connectivity index (χ3n) is 8.94. The second-order valence-corrected chi connectivity index (χ2v) is 11.2. The normalized spacial score (nSPS) is 23.8. The molecule has 6 heteroatoms. The maximum absolute atomic E-state index is 14.1. The Balaban J connectivity index is 1.41. The van der Waals surface area contributed by atoms with E-state index in [4.69, 9.17) is 4.98 Å². The molecule has 2 amide bonds. The quantitative estimate of drug-likeness (QED) is 0.566. The molecular formula is C31H42N4O2. The molecule has 2 N–H and O–H groups in total. The number of hydrogen-bond acceptors (Lipinski definition) is 4. The Labute approximate surface area is 221 Å². The topological polar surface area (TPSA) is 74.3 Å². The zero-order valence-corrected chi connectivity index (χ0v) is 22.4. The van der Waals surface area contributed by atoms with E-state index in [0.717, 1.165) is 69.9 Å². The monoisotopic (exact) mass is 502 g/mol. The average molecular weight is 503 g/mol. The fourth-order valence-corrected chi connectivity index (χ4v) is 6.69. The van der Waals surface area contributed by atoms with Crippen molar-refractivity contribution in [1.82, 2.24) is 20.5 Å². The van der Waals surface area contributed by atoms with Crippen LogP contribution in [0.4, 0.5) is 0 Å². The number of nitrogens with one attached hydrogen (secondary N) is 2. The fourth-order valence-electron chi connectivity index (χ4n) is 6.69. The molecule has 2 fully saturated rings. The highest BCUT2D eigenvalue weighted by molar-refractivity contribution is 5.90. The van der Waals surface area contributed by atoms with Gasteiger partial charge in [-0.05, 0) is 87.6 Å². The molecule has 4 atom stereocenters. The molecule has 1 saturated carbocycles. The number of amides is 2. The van der Waals surface area contributed by atoms with Crippen LogP contribution >= 0.6 is 0 Å². The van der Waals surface area contributed by atoms with Gasteiger partial charge in [-0.2, -0.15) is 0 Å². The standard InChI is InChI=1S/C31H42N4O2/c1-21(32-2)30(36)34-29(23-13-7-4-8-14-23)31(37)35-18-10-17-28(35)24-19-26-25(22-11-5-3-6-12-22)15-9-16-27(26)33-20-24/h3,5-6,11-12,19-21,23,25,28-29,32H,4,7-10,13-18H2,1-2H3,(H,34,36)/t21-,25?,28-,29-/m0/s1. The van der Waals surface area contributed by atoms with Gasteiger partial charge in [0.15, 0.2) is 0 Å². The Hall–Kier alpha value is -2.73. The second kappa shape index (κ2) is 11.8. The summed E-state index contributed by atoms with van der Waals surface area (Å²) in [6.07, 6.45) is 12.7. The summed E-state index contributed by atoms with van der Waals surface area (Å²) >= 11 is 0. The molecule has 0 spiro atoms. The molecule has 37 heavy (non-hydrogen) atoms. The van der Waals surface area contributed by atoms with E-state index in [1.807, 2.05) is 18.0 Å². The van der Waals surface area contributed by atoms with Crippen LogP contribution in [-0.4, -0.2) is 47.4 Å². The van der Waals surface area contributed by atoms with Crippen molar-refractivity contribution in [3.63, 3.8) is 0 Å². The van der Waals surface area contributed by atoms with Gasteiger partial charge in [0.2, 0.25) is 11.8 Å². The Morgan fingerprint density at radius 2 is 1.76 bits per heavy atom. The number of likely N-dealkylation sites (N-methyl/N-ethyl adjacent to an activating group) is 1. The van der Waals surface area contributed by atoms with E-state index < -0.39 is 6.04 Å². The van der Waals surface area contributed by atoms with E-state index in [2.05, 4.69) is 47.0 Å². The van der Waals surface area contributed by atoms with Crippen LogP contribution in [-0.2, 0) is 16.0 Å². The van der Waals surface area contributed by atoms with Gasteiger partial charge in [0, 0.05) is 24.4 Å². The summed E-state index contributed by atoms with van der Waals surface area (Å²) in [4.78, 5) is 34.0. The minimum atomic E-state index is -0.452. The maximum Gasteiger partial charge on any atom is 0.245 e. The van der Waals surface area contributed by atoms with Crippen molar-refractivity contribution in [2.75, 3.05) is 13.6 Å².